The Labute approximate surface area is 322 Å². The van der Waals surface area contributed by atoms with E-state index in [0.717, 1.165) is 51.4 Å². The summed E-state index contributed by atoms with van der Waals surface area (Å²) < 4.78 is 22.1. The number of aliphatic hydroxyl groups is 4. The van der Waals surface area contributed by atoms with Crippen molar-refractivity contribution in [2.24, 2.45) is 0 Å². The molecular weight excluding hydrogens is 676 g/mol. The molecule has 0 radical (unpaired) electrons. The topological polar surface area (TPSA) is 152 Å². The molecule has 2 unspecified atom stereocenters. The van der Waals surface area contributed by atoms with Crippen molar-refractivity contribution in [3.63, 3.8) is 0 Å². The molecule has 10 heteroatoms. The largest absolute Gasteiger partial charge is 0.462 e. The lowest BCUT2D eigenvalue weighted by molar-refractivity contribution is -0.305. The molecule has 6 atom stereocenters. The van der Waals surface area contributed by atoms with E-state index in [-0.39, 0.29) is 32.0 Å². The SMILES string of the molecule is CCCCC/C=C/C/C=C/CCCCCCCCCC(=O)O[C@H](COC(=O)CCCCCCCCCCCCC)CO[C@@H]1O[C@H](CO)[C@H](O)C(O)C1O. The van der Waals surface area contributed by atoms with Crippen molar-refractivity contribution in [2.75, 3.05) is 19.8 Å². The highest BCUT2D eigenvalue weighted by Crippen LogP contribution is 2.22. The summed E-state index contributed by atoms with van der Waals surface area (Å²) in [6.07, 6.45) is 29.0. The Balaban J connectivity index is 2.35. The third kappa shape index (κ3) is 26.6. The maximum absolute atomic E-state index is 12.7. The first-order chi connectivity index (χ1) is 25.8. The standard InChI is InChI=1S/C43H78O10/c1-3-5-7-9-11-13-15-16-17-18-19-20-22-24-26-28-30-32-39(46)52-36(35-51-43-42(49)41(48)40(47)37(33-44)53-43)34-50-38(45)31-29-27-25-23-21-14-12-10-8-6-4-2/h11,13,16-17,36-37,40-44,47-49H,3-10,12,14-15,18-35H2,1-2H3/b13-11+,17-16+/t36-,37-,40+,41?,42?,43-/m1/s1. The second-order valence-electron chi connectivity index (χ2n) is 14.8. The van der Waals surface area contributed by atoms with Crippen LogP contribution in [0, 0.1) is 0 Å². The van der Waals surface area contributed by atoms with Crippen LogP contribution in [0.25, 0.3) is 0 Å². The van der Waals surface area contributed by atoms with Gasteiger partial charge in [-0.15, -0.1) is 0 Å². The van der Waals surface area contributed by atoms with Gasteiger partial charge < -0.3 is 39.4 Å². The molecule has 0 aromatic carbocycles. The van der Waals surface area contributed by atoms with Crippen LogP contribution in [0.3, 0.4) is 0 Å². The summed E-state index contributed by atoms with van der Waals surface area (Å²) in [5.74, 6) is -0.812. The zero-order chi connectivity index (χ0) is 38.8. The van der Waals surface area contributed by atoms with Crippen LogP contribution in [0.1, 0.15) is 181 Å². The number of unbranched alkanes of at least 4 members (excludes halogenated alkanes) is 20. The molecule has 0 aliphatic carbocycles. The molecule has 0 aromatic heterocycles. The van der Waals surface area contributed by atoms with Gasteiger partial charge in [0.05, 0.1) is 13.2 Å². The molecule has 0 bridgehead atoms. The van der Waals surface area contributed by atoms with Crippen LogP contribution < -0.4 is 0 Å². The van der Waals surface area contributed by atoms with Gasteiger partial charge in [0, 0.05) is 12.8 Å². The average molecular weight is 755 g/mol. The molecule has 0 amide bonds. The normalized spacial score (nSPS) is 21.1. The highest BCUT2D eigenvalue weighted by molar-refractivity contribution is 5.70. The molecule has 1 aliphatic heterocycles. The number of carbonyl (C=O) groups is 2. The van der Waals surface area contributed by atoms with Crippen LogP contribution in [0.2, 0.25) is 0 Å². The Hall–Kier alpha value is -1.82. The first-order valence-corrected chi connectivity index (χ1v) is 21.4. The van der Waals surface area contributed by atoms with Crippen LogP contribution >= 0.6 is 0 Å². The summed E-state index contributed by atoms with van der Waals surface area (Å²) in [5, 5.41) is 40.0. The molecule has 0 aromatic rings. The van der Waals surface area contributed by atoms with E-state index < -0.39 is 49.4 Å². The molecular formula is C43H78O10. The molecule has 4 N–H and O–H groups in total. The predicted octanol–water partition coefficient (Wildman–Crippen LogP) is 8.55. The Morgan fingerprint density at radius 3 is 1.60 bits per heavy atom. The number of rotatable bonds is 35. The smallest absolute Gasteiger partial charge is 0.306 e. The first kappa shape index (κ1) is 49.2. The van der Waals surface area contributed by atoms with E-state index in [2.05, 4.69) is 38.2 Å². The highest BCUT2D eigenvalue weighted by atomic mass is 16.7. The van der Waals surface area contributed by atoms with E-state index in [1.165, 1.54) is 96.3 Å². The minimum Gasteiger partial charge on any atom is -0.462 e. The lowest BCUT2D eigenvalue weighted by Gasteiger charge is -2.39. The van der Waals surface area contributed by atoms with Crippen molar-refractivity contribution in [2.45, 2.75) is 218 Å². The van der Waals surface area contributed by atoms with Crippen molar-refractivity contribution in [1.82, 2.24) is 0 Å². The minimum absolute atomic E-state index is 0.217. The zero-order valence-electron chi connectivity index (χ0n) is 33.5. The van der Waals surface area contributed by atoms with E-state index in [1.54, 1.807) is 0 Å². The van der Waals surface area contributed by atoms with Gasteiger partial charge in [-0.2, -0.15) is 0 Å². The maximum atomic E-state index is 12.7. The number of carbonyl (C=O) groups excluding carboxylic acids is 2. The number of hydrogen-bond acceptors (Lipinski definition) is 10. The van der Waals surface area contributed by atoms with Gasteiger partial charge in [0.15, 0.2) is 12.4 Å². The average Bonchev–Trinajstić information content (AvgIpc) is 3.15. The minimum atomic E-state index is -1.59. The molecule has 1 fully saturated rings. The van der Waals surface area contributed by atoms with E-state index in [4.69, 9.17) is 18.9 Å². The second-order valence-corrected chi connectivity index (χ2v) is 14.8. The fourth-order valence-electron chi connectivity index (χ4n) is 6.39. The number of hydrogen-bond donors (Lipinski definition) is 4. The van der Waals surface area contributed by atoms with Crippen molar-refractivity contribution in [3.8, 4) is 0 Å². The number of aliphatic hydroxyl groups excluding tert-OH is 4. The fraction of sp³-hybridized carbons (Fsp3) is 0.860. The summed E-state index contributed by atoms with van der Waals surface area (Å²) in [6.45, 7) is 3.38. The van der Waals surface area contributed by atoms with Gasteiger partial charge in [0.25, 0.3) is 0 Å². The van der Waals surface area contributed by atoms with E-state index in [1.807, 2.05) is 0 Å². The van der Waals surface area contributed by atoms with Gasteiger partial charge in [-0.05, 0) is 44.9 Å². The van der Waals surface area contributed by atoms with Crippen LogP contribution in [-0.2, 0) is 28.5 Å². The van der Waals surface area contributed by atoms with Crippen LogP contribution in [0.5, 0.6) is 0 Å². The Morgan fingerprint density at radius 2 is 1.06 bits per heavy atom. The zero-order valence-corrected chi connectivity index (χ0v) is 33.5. The third-order valence-corrected chi connectivity index (χ3v) is 9.84. The third-order valence-electron chi connectivity index (χ3n) is 9.84. The van der Waals surface area contributed by atoms with Crippen molar-refractivity contribution < 1.29 is 49.0 Å². The van der Waals surface area contributed by atoms with Crippen molar-refractivity contribution >= 4 is 11.9 Å². The maximum Gasteiger partial charge on any atom is 0.306 e. The monoisotopic (exact) mass is 755 g/mol. The molecule has 1 aliphatic rings. The summed E-state index contributed by atoms with van der Waals surface area (Å²) in [6, 6.07) is 0. The lowest BCUT2D eigenvalue weighted by Crippen LogP contribution is -2.59. The summed E-state index contributed by atoms with van der Waals surface area (Å²) in [7, 11) is 0. The summed E-state index contributed by atoms with van der Waals surface area (Å²) >= 11 is 0. The van der Waals surface area contributed by atoms with E-state index in [0.29, 0.717) is 6.42 Å². The molecule has 1 heterocycles. The van der Waals surface area contributed by atoms with Crippen LogP contribution in [0.15, 0.2) is 24.3 Å². The van der Waals surface area contributed by atoms with Gasteiger partial charge in [-0.1, -0.05) is 147 Å². The van der Waals surface area contributed by atoms with Gasteiger partial charge in [-0.25, -0.2) is 0 Å². The van der Waals surface area contributed by atoms with E-state index >= 15 is 0 Å². The quantitative estimate of drug-likeness (QED) is 0.0281. The van der Waals surface area contributed by atoms with Gasteiger partial charge in [0.1, 0.15) is 31.0 Å². The van der Waals surface area contributed by atoms with Crippen LogP contribution in [-0.4, -0.2) is 89.0 Å². The first-order valence-electron chi connectivity index (χ1n) is 21.4. The molecule has 10 nitrogen and oxygen atoms in total. The lowest BCUT2D eigenvalue weighted by atomic mass is 9.99. The molecule has 0 spiro atoms. The van der Waals surface area contributed by atoms with Gasteiger partial charge in [0.2, 0.25) is 0 Å². The number of ether oxygens (including phenoxy) is 4. The fourth-order valence-corrected chi connectivity index (χ4v) is 6.39. The molecule has 310 valence electrons. The Bertz CT molecular complexity index is 923. The van der Waals surface area contributed by atoms with E-state index in [9.17, 15) is 30.0 Å². The van der Waals surface area contributed by atoms with Crippen molar-refractivity contribution in [1.29, 1.82) is 0 Å². The van der Waals surface area contributed by atoms with Crippen molar-refractivity contribution in [3.05, 3.63) is 24.3 Å². The number of esters is 2. The Morgan fingerprint density at radius 1 is 0.585 bits per heavy atom. The predicted molar refractivity (Wildman–Crippen MR) is 210 cm³/mol. The molecule has 1 rings (SSSR count). The molecule has 0 saturated carbocycles. The summed E-state index contributed by atoms with van der Waals surface area (Å²) in [4.78, 5) is 25.2. The second kappa shape index (κ2) is 34.7. The van der Waals surface area contributed by atoms with Gasteiger partial charge >= 0.3 is 11.9 Å². The van der Waals surface area contributed by atoms with Gasteiger partial charge in [-0.3, -0.25) is 9.59 Å². The molecule has 53 heavy (non-hydrogen) atoms. The number of allylic oxidation sites excluding steroid dienone is 4. The Kier molecular flexibility index (Phi) is 32.2. The highest BCUT2D eigenvalue weighted by Gasteiger charge is 2.44. The molecule has 1 saturated heterocycles. The van der Waals surface area contributed by atoms with Crippen LogP contribution in [0.4, 0.5) is 0 Å². The summed E-state index contributed by atoms with van der Waals surface area (Å²) in [5.41, 5.74) is 0.